The van der Waals surface area contributed by atoms with Crippen LogP contribution >= 0.6 is 0 Å². The van der Waals surface area contributed by atoms with Gasteiger partial charge in [-0.05, 0) is 44.9 Å². The van der Waals surface area contributed by atoms with Crippen LogP contribution in [-0.2, 0) is 33.2 Å². The number of ether oxygens (including phenoxy) is 6. The van der Waals surface area contributed by atoms with Crippen molar-refractivity contribution < 1.29 is 89.4 Å². The Labute approximate surface area is 390 Å². The third kappa shape index (κ3) is 19.1. The average molecular weight is 950 g/mol. The molecule has 17 atom stereocenters. The van der Waals surface area contributed by atoms with Gasteiger partial charge in [-0.25, -0.2) is 0 Å². The molecule has 0 saturated carbocycles. The molecule has 17 unspecified atom stereocenters. The summed E-state index contributed by atoms with van der Waals surface area (Å²) in [5.74, 6) is -0.298. The molecule has 1 amide bonds. The van der Waals surface area contributed by atoms with E-state index in [1.165, 1.54) is 12.8 Å². The second-order valence-electron chi connectivity index (χ2n) is 17.6. The molecule has 3 fully saturated rings. The van der Waals surface area contributed by atoms with E-state index in [4.69, 9.17) is 28.4 Å². The number of carbonyl (C=O) groups is 1. The molecule has 12 N–H and O–H groups in total. The largest absolute Gasteiger partial charge is 0.394 e. The predicted molar refractivity (Wildman–Crippen MR) is 240 cm³/mol. The average Bonchev–Trinajstić information content (AvgIpc) is 3.31. The summed E-state index contributed by atoms with van der Waals surface area (Å²) < 4.78 is 34.0. The van der Waals surface area contributed by atoms with E-state index >= 15 is 0 Å². The first kappa shape index (κ1) is 58.3. The van der Waals surface area contributed by atoms with Gasteiger partial charge in [0.15, 0.2) is 18.9 Å². The Bertz CT molecular complexity index is 1370. The Hall–Kier alpha value is -1.99. The van der Waals surface area contributed by atoms with Gasteiger partial charge in [0, 0.05) is 6.42 Å². The molecule has 3 saturated heterocycles. The lowest BCUT2D eigenvalue weighted by Crippen LogP contribution is -2.66. The zero-order valence-electron chi connectivity index (χ0n) is 38.9. The van der Waals surface area contributed by atoms with Gasteiger partial charge in [-0.3, -0.25) is 4.79 Å². The standard InChI is InChI=1S/C47H83NO18/c1-3-5-7-9-11-13-14-15-16-17-19-21-23-25-35(53)48-30(31(52)24-22-20-18-12-10-8-6-4-2)29-61-45-41(59)38(56)43(33(27-50)63-45)66-47-42(60)39(57)44(34(28-51)64-47)65-46-40(58)37(55)36(54)32(26-49)62-46/h7,9,13-14,22,24,30-34,36-47,49-52,54-60H,3-6,8,10-12,15-21,23,25-29H2,1-2H3,(H,48,53)/b9-7-,14-13-,24-22+. The summed E-state index contributed by atoms with van der Waals surface area (Å²) in [4.78, 5) is 13.1. The molecular weight excluding hydrogens is 867 g/mol. The third-order valence-electron chi connectivity index (χ3n) is 12.2. The number of aliphatic hydroxyl groups excluding tert-OH is 11. The molecule has 19 nitrogen and oxygen atoms in total. The zero-order valence-corrected chi connectivity index (χ0v) is 38.9. The maximum atomic E-state index is 13.1. The molecular formula is C47H83NO18. The van der Waals surface area contributed by atoms with Crippen LogP contribution in [0.25, 0.3) is 0 Å². The monoisotopic (exact) mass is 950 g/mol. The van der Waals surface area contributed by atoms with Gasteiger partial charge in [0.25, 0.3) is 0 Å². The summed E-state index contributed by atoms with van der Waals surface area (Å²) >= 11 is 0. The maximum Gasteiger partial charge on any atom is 0.220 e. The van der Waals surface area contributed by atoms with Crippen molar-refractivity contribution in [2.24, 2.45) is 0 Å². The van der Waals surface area contributed by atoms with Crippen LogP contribution in [-0.4, -0.2) is 193 Å². The number of hydrogen-bond donors (Lipinski definition) is 12. The first-order valence-corrected chi connectivity index (χ1v) is 24.2. The molecule has 0 radical (unpaired) electrons. The Morgan fingerprint density at radius 2 is 1.03 bits per heavy atom. The van der Waals surface area contributed by atoms with Crippen LogP contribution in [0.15, 0.2) is 36.5 Å². The molecule has 3 rings (SSSR count). The highest BCUT2D eigenvalue weighted by Crippen LogP contribution is 2.33. The fourth-order valence-electron chi connectivity index (χ4n) is 8.05. The molecule has 66 heavy (non-hydrogen) atoms. The van der Waals surface area contributed by atoms with E-state index in [1.807, 2.05) is 6.08 Å². The minimum absolute atomic E-state index is 0.225. The zero-order chi connectivity index (χ0) is 48.4. The SMILES string of the molecule is CCC/C=C\C/C=C\CCCCCCCC(=O)NC(COC1OC(CO)C(OC2OC(CO)C(OC3OC(CO)C(O)C(O)C3O)C(O)C2O)C(O)C1O)C(O)/C=C/CCCCCCCC. The van der Waals surface area contributed by atoms with Crippen molar-refractivity contribution in [1.82, 2.24) is 5.32 Å². The smallest absolute Gasteiger partial charge is 0.220 e. The van der Waals surface area contributed by atoms with Crippen molar-refractivity contribution in [2.45, 2.75) is 227 Å². The minimum atomic E-state index is -1.98. The van der Waals surface area contributed by atoms with E-state index in [0.29, 0.717) is 6.42 Å². The second-order valence-corrected chi connectivity index (χ2v) is 17.6. The van der Waals surface area contributed by atoms with Gasteiger partial charge in [-0.1, -0.05) is 108 Å². The third-order valence-corrected chi connectivity index (χ3v) is 12.2. The Kier molecular flexibility index (Phi) is 28.9. The molecule has 0 spiro atoms. The van der Waals surface area contributed by atoms with E-state index in [2.05, 4.69) is 43.5 Å². The Morgan fingerprint density at radius 1 is 0.545 bits per heavy atom. The summed E-state index contributed by atoms with van der Waals surface area (Å²) in [5.41, 5.74) is 0. The van der Waals surface area contributed by atoms with E-state index in [1.54, 1.807) is 6.08 Å². The summed E-state index contributed by atoms with van der Waals surface area (Å²) in [6.07, 6.45) is 1.82. The van der Waals surface area contributed by atoms with Gasteiger partial charge < -0.3 is 89.9 Å². The summed E-state index contributed by atoms with van der Waals surface area (Å²) in [6, 6.07) is -0.975. The van der Waals surface area contributed by atoms with Crippen molar-refractivity contribution in [3.8, 4) is 0 Å². The van der Waals surface area contributed by atoms with Gasteiger partial charge in [0.05, 0.1) is 38.6 Å². The highest BCUT2D eigenvalue weighted by Gasteiger charge is 2.53. The topological polar surface area (TPSA) is 307 Å². The van der Waals surface area contributed by atoms with Crippen LogP contribution in [0, 0.1) is 0 Å². The lowest BCUT2D eigenvalue weighted by atomic mass is 9.96. The van der Waals surface area contributed by atoms with Crippen LogP contribution < -0.4 is 5.32 Å². The molecule has 0 aliphatic carbocycles. The number of carbonyl (C=O) groups excluding carboxylic acids is 1. The summed E-state index contributed by atoms with van der Waals surface area (Å²) in [5, 5.41) is 119. The van der Waals surface area contributed by atoms with Crippen molar-refractivity contribution >= 4 is 5.91 Å². The van der Waals surface area contributed by atoms with Crippen molar-refractivity contribution in [2.75, 3.05) is 26.4 Å². The van der Waals surface area contributed by atoms with Crippen LogP contribution in [0.1, 0.15) is 123 Å². The highest BCUT2D eigenvalue weighted by atomic mass is 16.8. The Morgan fingerprint density at radius 3 is 1.61 bits per heavy atom. The number of allylic oxidation sites excluding steroid dienone is 5. The van der Waals surface area contributed by atoms with Gasteiger partial charge in [0.2, 0.25) is 5.91 Å². The molecule has 0 aromatic heterocycles. The molecule has 19 heteroatoms. The van der Waals surface area contributed by atoms with E-state index in [-0.39, 0.29) is 18.9 Å². The minimum Gasteiger partial charge on any atom is -0.394 e. The quantitative estimate of drug-likeness (QED) is 0.0325. The van der Waals surface area contributed by atoms with E-state index in [0.717, 1.165) is 83.5 Å². The molecule has 3 aliphatic heterocycles. The van der Waals surface area contributed by atoms with Crippen LogP contribution in [0.3, 0.4) is 0 Å². The van der Waals surface area contributed by atoms with Gasteiger partial charge >= 0.3 is 0 Å². The lowest BCUT2D eigenvalue weighted by molar-refractivity contribution is -0.379. The van der Waals surface area contributed by atoms with E-state index in [9.17, 15) is 61.0 Å². The first-order chi connectivity index (χ1) is 31.8. The number of unbranched alkanes of at least 4 members (excludes halogenated alkanes) is 12. The molecule has 3 heterocycles. The number of hydrogen-bond acceptors (Lipinski definition) is 18. The number of aliphatic hydroxyl groups is 11. The van der Waals surface area contributed by atoms with Gasteiger partial charge in [-0.15, -0.1) is 0 Å². The molecule has 0 bridgehead atoms. The fraction of sp³-hybridized carbons (Fsp3) is 0.851. The number of amides is 1. The predicted octanol–water partition coefficient (Wildman–Crippen LogP) is 0.637. The first-order valence-electron chi connectivity index (χ1n) is 24.2. The molecule has 3 aliphatic rings. The fourth-order valence-corrected chi connectivity index (χ4v) is 8.05. The van der Waals surface area contributed by atoms with Gasteiger partial charge in [-0.2, -0.15) is 0 Å². The lowest BCUT2D eigenvalue weighted by Gasteiger charge is -2.48. The van der Waals surface area contributed by atoms with E-state index < -0.39 is 124 Å². The number of nitrogens with one attached hydrogen (secondary N) is 1. The Balaban J connectivity index is 1.58. The highest BCUT2D eigenvalue weighted by molar-refractivity contribution is 5.76. The normalized spacial score (nSPS) is 34.1. The van der Waals surface area contributed by atoms with Crippen molar-refractivity contribution in [3.63, 3.8) is 0 Å². The maximum absolute atomic E-state index is 13.1. The van der Waals surface area contributed by atoms with Crippen LogP contribution in [0.4, 0.5) is 0 Å². The number of rotatable bonds is 32. The van der Waals surface area contributed by atoms with Crippen molar-refractivity contribution in [3.05, 3.63) is 36.5 Å². The van der Waals surface area contributed by atoms with Gasteiger partial charge in [0.1, 0.15) is 73.2 Å². The van der Waals surface area contributed by atoms with Crippen LogP contribution in [0.2, 0.25) is 0 Å². The molecule has 0 aromatic carbocycles. The second kappa shape index (κ2) is 32.8. The summed E-state index contributed by atoms with van der Waals surface area (Å²) in [7, 11) is 0. The van der Waals surface area contributed by atoms with Crippen LogP contribution in [0.5, 0.6) is 0 Å². The van der Waals surface area contributed by atoms with Crippen molar-refractivity contribution in [1.29, 1.82) is 0 Å². The molecule has 0 aromatic rings. The molecule has 384 valence electrons. The summed E-state index contributed by atoms with van der Waals surface area (Å²) in [6.45, 7) is 1.53.